The van der Waals surface area contributed by atoms with Gasteiger partial charge in [-0.2, -0.15) is 13.2 Å². The molecule has 0 aliphatic heterocycles. The molecule has 0 saturated carbocycles. The molecule has 0 amide bonds. The molecule has 4 nitrogen and oxygen atoms in total. The maximum Gasteiger partial charge on any atom is 0.416 e. The molecule has 0 aliphatic carbocycles. The molecule has 0 aliphatic rings. The quantitative estimate of drug-likeness (QED) is 0.770. The summed E-state index contributed by atoms with van der Waals surface area (Å²) in [4.78, 5) is 0. The maximum atomic E-state index is 12.7. The molecule has 1 heterocycles. The van der Waals surface area contributed by atoms with Crippen LogP contribution in [0.5, 0.6) is 0 Å². The summed E-state index contributed by atoms with van der Waals surface area (Å²) in [7, 11) is 1.57. The highest BCUT2D eigenvalue weighted by Crippen LogP contribution is 2.33. The van der Waals surface area contributed by atoms with Crippen molar-refractivity contribution in [3.05, 3.63) is 29.3 Å². The normalized spacial score (nSPS) is 11.8. The molecule has 0 spiro atoms. The summed E-state index contributed by atoms with van der Waals surface area (Å²) < 4.78 is 39.5. The lowest BCUT2D eigenvalue weighted by Gasteiger charge is -2.11. The molecule has 0 N–H and O–H groups in total. The largest absolute Gasteiger partial charge is 0.416 e. The fourth-order valence-electron chi connectivity index (χ4n) is 1.54. The number of benzene rings is 1. The third kappa shape index (κ3) is 2.13. The Morgan fingerprint density at radius 1 is 1.24 bits per heavy atom. The van der Waals surface area contributed by atoms with Crippen molar-refractivity contribution in [2.75, 3.05) is 0 Å². The first kappa shape index (κ1) is 11.6. The van der Waals surface area contributed by atoms with Gasteiger partial charge in [-0.15, -0.1) is 5.10 Å². The third-order valence-electron chi connectivity index (χ3n) is 2.42. The fourth-order valence-corrected chi connectivity index (χ4v) is 1.54. The van der Waals surface area contributed by atoms with E-state index in [9.17, 15) is 13.2 Å². The predicted molar refractivity (Wildman–Crippen MR) is 54.0 cm³/mol. The van der Waals surface area contributed by atoms with E-state index in [1.165, 1.54) is 17.7 Å². The van der Waals surface area contributed by atoms with E-state index >= 15 is 0 Å². The summed E-state index contributed by atoms with van der Waals surface area (Å²) in [5, 5.41) is 10.6. The maximum absolute atomic E-state index is 12.7. The lowest BCUT2D eigenvalue weighted by Crippen LogP contribution is -2.08. The van der Waals surface area contributed by atoms with Crippen LogP contribution in [0.1, 0.15) is 11.1 Å². The lowest BCUT2D eigenvalue weighted by atomic mass is 10.0. The fraction of sp³-hybridized carbons (Fsp3) is 0.300. The number of alkyl halides is 3. The second kappa shape index (κ2) is 3.83. The van der Waals surface area contributed by atoms with Crippen molar-refractivity contribution in [1.29, 1.82) is 0 Å². The minimum absolute atomic E-state index is 0.177. The van der Waals surface area contributed by atoms with Crippen molar-refractivity contribution >= 4 is 0 Å². The molecule has 1 aromatic carbocycles. The Bertz CT molecular complexity index is 545. The van der Waals surface area contributed by atoms with Gasteiger partial charge in [0.25, 0.3) is 0 Å². The molecule has 0 bridgehead atoms. The second-order valence-corrected chi connectivity index (χ2v) is 3.65. The Labute approximate surface area is 95.1 Å². The number of tetrazole rings is 1. The van der Waals surface area contributed by atoms with Crippen LogP contribution in [-0.2, 0) is 13.2 Å². The van der Waals surface area contributed by atoms with E-state index < -0.39 is 11.7 Å². The Kier molecular flexibility index (Phi) is 2.60. The van der Waals surface area contributed by atoms with Gasteiger partial charge in [-0.3, -0.25) is 0 Å². The minimum atomic E-state index is -4.37. The monoisotopic (exact) mass is 242 g/mol. The van der Waals surface area contributed by atoms with Gasteiger partial charge in [-0.1, -0.05) is 12.1 Å². The van der Waals surface area contributed by atoms with Crippen LogP contribution in [-0.4, -0.2) is 20.2 Å². The zero-order valence-electron chi connectivity index (χ0n) is 9.15. The second-order valence-electron chi connectivity index (χ2n) is 3.65. The van der Waals surface area contributed by atoms with Crippen LogP contribution in [0.3, 0.4) is 0 Å². The van der Waals surface area contributed by atoms with E-state index in [0.29, 0.717) is 11.4 Å². The van der Waals surface area contributed by atoms with Crippen LogP contribution in [0.2, 0.25) is 0 Å². The predicted octanol–water partition coefficient (Wildman–Crippen LogP) is 2.20. The van der Waals surface area contributed by atoms with Gasteiger partial charge in [0.05, 0.1) is 5.56 Å². The molecule has 1 aromatic heterocycles. The highest BCUT2D eigenvalue weighted by molar-refractivity contribution is 5.57. The van der Waals surface area contributed by atoms with Crippen LogP contribution in [0, 0.1) is 6.92 Å². The molecule has 0 fully saturated rings. The molecule has 0 atom stereocenters. The Morgan fingerprint density at radius 3 is 2.47 bits per heavy atom. The molecule has 7 heteroatoms. The average molecular weight is 242 g/mol. The van der Waals surface area contributed by atoms with Crippen LogP contribution in [0.4, 0.5) is 13.2 Å². The van der Waals surface area contributed by atoms with Crippen LogP contribution in [0.25, 0.3) is 11.4 Å². The molecule has 2 rings (SSSR count). The number of rotatable bonds is 1. The summed E-state index contributed by atoms with van der Waals surface area (Å²) in [5.41, 5.74) is -0.148. The molecule has 0 radical (unpaired) electrons. The topological polar surface area (TPSA) is 43.6 Å². The highest BCUT2D eigenvalue weighted by atomic mass is 19.4. The number of nitrogens with zero attached hydrogens (tertiary/aromatic N) is 4. The van der Waals surface area contributed by atoms with E-state index in [1.807, 2.05) is 0 Å². The Hall–Kier alpha value is -1.92. The van der Waals surface area contributed by atoms with E-state index in [4.69, 9.17) is 0 Å². The Balaban J connectivity index is 2.56. The molecule has 90 valence electrons. The summed E-state index contributed by atoms with van der Waals surface area (Å²) in [5.74, 6) is 0.301. The summed E-state index contributed by atoms with van der Waals surface area (Å²) in [6.07, 6.45) is -4.37. The van der Waals surface area contributed by atoms with Crippen molar-refractivity contribution in [2.45, 2.75) is 13.1 Å². The lowest BCUT2D eigenvalue weighted by molar-refractivity contribution is -0.138. The van der Waals surface area contributed by atoms with Crippen molar-refractivity contribution in [3.8, 4) is 11.4 Å². The number of hydrogen-bond acceptors (Lipinski definition) is 3. The Morgan fingerprint density at radius 2 is 1.94 bits per heavy atom. The SMILES string of the molecule is Cc1ccc(-c2nnnn2C)cc1C(F)(F)F. The number of halogens is 3. The van der Waals surface area contributed by atoms with Crippen LogP contribution >= 0.6 is 0 Å². The van der Waals surface area contributed by atoms with Crippen molar-refractivity contribution < 1.29 is 13.2 Å². The smallest absolute Gasteiger partial charge is 0.229 e. The van der Waals surface area contributed by atoms with Gasteiger partial charge in [0.2, 0.25) is 0 Å². The number of aryl methyl sites for hydroxylation is 2. The zero-order valence-corrected chi connectivity index (χ0v) is 9.15. The first-order chi connectivity index (χ1) is 7.89. The van der Waals surface area contributed by atoms with E-state index in [1.54, 1.807) is 13.1 Å². The molecule has 0 unspecified atom stereocenters. The number of aromatic nitrogens is 4. The number of hydrogen-bond donors (Lipinski definition) is 0. The van der Waals surface area contributed by atoms with Crippen LogP contribution in [0.15, 0.2) is 18.2 Å². The van der Waals surface area contributed by atoms with E-state index in [-0.39, 0.29) is 5.56 Å². The van der Waals surface area contributed by atoms with Gasteiger partial charge in [0.1, 0.15) is 0 Å². The zero-order chi connectivity index (χ0) is 12.6. The van der Waals surface area contributed by atoms with E-state index in [2.05, 4.69) is 15.5 Å². The van der Waals surface area contributed by atoms with Crippen molar-refractivity contribution in [1.82, 2.24) is 20.2 Å². The van der Waals surface area contributed by atoms with Crippen molar-refractivity contribution in [3.63, 3.8) is 0 Å². The molecular weight excluding hydrogens is 233 g/mol. The minimum Gasteiger partial charge on any atom is -0.229 e. The van der Waals surface area contributed by atoms with Crippen LogP contribution < -0.4 is 0 Å². The first-order valence-electron chi connectivity index (χ1n) is 4.80. The summed E-state index contributed by atoms with van der Waals surface area (Å²) in [6.45, 7) is 1.42. The standard InChI is InChI=1S/C10H9F3N4/c1-6-3-4-7(5-8(6)10(11,12)13)9-14-15-16-17(9)2/h3-5H,1-2H3. The van der Waals surface area contributed by atoms with Gasteiger partial charge in [-0.05, 0) is 29.0 Å². The third-order valence-corrected chi connectivity index (χ3v) is 2.42. The van der Waals surface area contributed by atoms with Crippen molar-refractivity contribution in [2.24, 2.45) is 7.05 Å². The van der Waals surface area contributed by atoms with Gasteiger partial charge in [-0.25, -0.2) is 4.68 Å². The molecule has 17 heavy (non-hydrogen) atoms. The van der Waals surface area contributed by atoms with Gasteiger partial charge in [0.15, 0.2) is 5.82 Å². The van der Waals surface area contributed by atoms with Gasteiger partial charge in [0, 0.05) is 12.6 Å². The van der Waals surface area contributed by atoms with E-state index in [0.717, 1.165) is 6.07 Å². The summed E-state index contributed by atoms with van der Waals surface area (Å²) in [6, 6.07) is 4.03. The molecular formula is C10H9F3N4. The highest BCUT2D eigenvalue weighted by Gasteiger charge is 2.32. The first-order valence-corrected chi connectivity index (χ1v) is 4.80. The average Bonchev–Trinajstić information content (AvgIpc) is 2.63. The molecule has 2 aromatic rings. The molecule has 0 saturated heterocycles. The van der Waals surface area contributed by atoms with Gasteiger partial charge < -0.3 is 0 Å². The van der Waals surface area contributed by atoms with Gasteiger partial charge >= 0.3 is 6.18 Å². The summed E-state index contributed by atoms with van der Waals surface area (Å²) >= 11 is 0.